The van der Waals surface area contributed by atoms with Crippen LogP contribution >= 0.6 is 0 Å². The minimum atomic E-state index is -0.567. The van der Waals surface area contributed by atoms with Gasteiger partial charge in [0.1, 0.15) is 12.1 Å². The first-order chi connectivity index (χ1) is 14.6. The van der Waals surface area contributed by atoms with E-state index in [2.05, 4.69) is 18.0 Å². The summed E-state index contributed by atoms with van der Waals surface area (Å²) in [5, 5.41) is 25.2. The van der Waals surface area contributed by atoms with Crippen molar-refractivity contribution < 1.29 is 14.3 Å². The van der Waals surface area contributed by atoms with Crippen molar-refractivity contribution in [1.29, 1.82) is 0 Å². The van der Waals surface area contributed by atoms with Crippen LogP contribution in [0, 0.1) is 17.0 Å². The van der Waals surface area contributed by atoms with E-state index < -0.39 is 6.10 Å². The summed E-state index contributed by atoms with van der Waals surface area (Å²) in [5.74, 6) is 1.33. The summed E-state index contributed by atoms with van der Waals surface area (Å²) < 4.78 is 1.80. The average Bonchev–Trinajstić information content (AvgIpc) is 2.79. The lowest BCUT2D eigenvalue weighted by atomic mass is 9.70. The Morgan fingerprint density at radius 2 is 2.03 bits per heavy atom. The van der Waals surface area contributed by atoms with E-state index in [4.69, 9.17) is 0 Å². The Labute approximate surface area is 177 Å². The summed E-state index contributed by atoms with van der Waals surface area (Å²) in [5.41, 5.74) is 2.68. The van der Waals surface area contributed by atoms with Crippen molar-refractivity contribution in [2.45, 2.75) is 44.9 Å². The normalized spacial score (nSPS) is 29.2. The van der Waals surface area contributed by atoms with Gasteiger partial charge in [-0.05, 0) is 36.1 Å². The predicted molar refractivity (Wildman–Crippen MR) is 116 cm³/mol. The molecular weight excluding hydrogens is 374 g/mol. The van der Waals surface area contributed by atoms with Gasteiger partial charge in [-0.25, -0.2) is 0 Å². The van der Waals surface area contributed by atoms with E-state index >= 15 is 0 Å². The molecule has 3 aromatic rings. The van der Waals surface area contributed by atoms with Crippen molar-refractivity contribution in [1.82, 2.24) is 4.98 Å². The third-order valence-corrected chi connectivity index (χ3v) is 7.73. The largest absolute Gasteiger partial charge is 0.618 e. The van der Waals surface area contributed by atoms with Gasteiger partial charge in [0.05, 0.1) is 18.6 Å². The third kappa shape index (κ3) is 3.17. The number of aromatic nitrogens is 2. The molecule has 5 heterocycles. The Kier molecular flexibility index (Phi) is 4.95. The first-order valence-corrected chi connectivity index (χ1v) is 11.2. The summed E-state index contributed by atoms with van der Waals surface area (Å²) >= 11 is 0. The van der Waals surface area contributed by atoms with Gasteiger partial charge in [-0.2, -0.15) is 4.73 Å². The van der Waals surface area contributed by atoms with E-state index in [1.807, 2.05) is 36.4 Å². The van der Waals surface area contributed by atoms with Gasteiger partial charge in [-0.3, -0.25) is 4.98 Å². The summed E-state index contributed by atoms with van der Waals surface area (Å²) in [6.45, 7) is 5.03. The van der Waals surface area contributed by atoms with Gasteiger partial charge in [0.2, 0.25) is 5.69 Å². The predicted octanol–water partition coefficient (Wildman–Crippen LogP) is 3.74. The van der Waals surface area contributed by atoms with Crippen LogP contribution in [0.15, 0.2) is 60.9 Å². The lowest BCUT2D eigenvalue weighted by Gasteiger charge is -2.58. The number of aliphatic hydroxyl groups is 1. The van der Waals surface area contributed by atoms with Crippen LogP contribution in [0.25, 0.3) is 10.9 Å². The second-order valence-electron chi connectivity index (χ2n) is 9.18. The number of benzene rings is 1. The molecule has 3 saturated heterocycles. The first kappa shape index (κ1) is 19.5. The highest BCUT2D eigenvalue weighted by Crippen LogP contribution is 2.48. The summed E-state index contributed by atoms with van der Waals surface area (Å²) in [6.07, 6.45) is 6.19. The molecule has 1 N–H and O–H groups in total. The zero-order valence-corrected chi connectivity index (χ0v) is 17.5. The van der Waals surface area contributed by atoms with Crippen LogP contribution in [0.2, 0.25) is 0 Å². The Morgan fingerprint density at radius 3 is 2.87 bits per heavy atom. The topological polar surface area (TPSA) is 60.1 Å². The molecule has 0 saturated carbocycles. The number of nitrogens with zero attached hydrogens (tertiary/aromatic N) is 3. The fourth-order valence-electron chi connectivity index (χ4n) is 6.15. The van der Waals surface area contributed by atoms with E-state index in [0.717, 1.165) is 57.3 Å². The molecule has 5 atom stereocenters. The van der Waals surface area contributed by atoms with E-state index in [9.17, 15) is 10.3 Å². The Bertz CT molecular complexity index is 1050. The van der Waals surface area contributed by atoms with Gasteiger partial charge in [0.25, 0.3) is 0 Å². The van der Waals surface area contributed by atoms with E-state index in [-0.39, 0.29) is 6.04 Å². The maximum atomic E-state index is 12.5. The fourth-order valence-corrected chi connectivity index (χ4v) is 6.15. The van der Waals surface area contributed by atoms with Gasteiger partial charge in [-0.15, -0.1) is 0 Å². The molecular formula is C25H30N3O2+. The molecule has 5 nitrogen and oxygen atoms in total. The smallest absolute Gasteiger partial charge is 0.247 e. The summed E-state index contributed by atoms with van der Waals surface area (Å²) in [7, 11) is 0. The van der Waals surface area contributed by atoms with Crippen molar-refractivity contribution in [3.8, 4) is 0 Å². The van der Waals surface area contributed by atoms with Crippen LogP contribution in [0.1, 0.15) is 43.5 Å². The lowest BCUT2D eigenvalue weighted by Crippen LogP contribution is -2.68. The van der Waals surface area contributed by atoms with Gasteiger partial charge < -0.3 is 14.8 Å². The van der Waals surface area contributed by atoms with Crippen LogP contribution in [-0.4, -0.2) is 33.7 Å². The molecule has 1 aromatic carbocycles. The van der Waals surface area contributed by atoms with Gasteiger partial charge >= 0.3 is 0 Å². The van der Waals surface area contributed by atoms with Crippen LogP contribution in [-0.2, 0) is 6.54 Å². The molecule has 5 heteroatoms. The maximum Gasteiger partial charge on any atom is 0.247 e. The summed E-state index contributed by atoms with van der Waals surface area (Å²) in [6, 6.07) is 15.8. The van der Waals surface area contributed by atoms with Crippen LogP contribution in [0.5, 0.6) is 0 Å². The number of para-hydroxylation sites is 1. The minimum Gasteiger partial charge on any atom is -0.618 e. The standard InChI is InChI=1S/C25H30N3O2/c1-2-18-16-28(17-20-7-5-6-13-27(20)30)14-11-19(18)15-24(28)25(29)22-10-12-26-23-9-4-3-8-21(22)23/h3-10,12-13,18-19,24-25,29H,2,11,14-17H2,1H3/q+1/t18-,19-,24+,25+,28-/m0/s1. The van der Waals surface area contributed by atoms with Gasteiger partial charge in [0, 0.05) is 42.5 Å². The Hall–Kier alpha value is -2.50. The Morgan fingerprint density at radius 1 is 1.20 bits per heavy atom. The Balaban J connectivity index is 1.56. The van der Waals surface area contributed by atoms with Crippen molar-refractivity contribution in [2.75, 3.05) is 13.1 Å². The maximum absolute atomic E-state index is 12.5. The zero-order valence-electron chi connectivity index (χ0n) is 17.5. The highest BCUT2D eigenvalue weighted by molar-refractivity contribution is 5.82. The minimum absolute atomic E-state index is 0.0950. The molecule has 0 radical (unpaired) electrons. The van der Waals surface area contributed by atoms with Crippen molar-refractivity contribution in [3.63, 3.8) is 0 Å². The number of pyridine rings is 2. The average molecular weight is 405 g/mol. The molecule has 2 bridgehead atoms. The molecule has 0 aliphatic carbocycles. The van der Waals surface area contributed by atoms with Gasteiger partial charge in [0.15, 0.2) is 12.7 Å². The van der Waals surface area contributed by atoms with Crippen molar-refractivity contribution in [2.24, 2.45) is 11.8 Å². The summed E-state index contributed by atoms with van der Waals surface area (Å²) in [4.78, 5) is 4.48. The fraction of sp³-hybridized carbons (Fsp3) is 0.440. The molecule has 3 aliphatic heterocycles. The molecule has 3 aliphatic rings. The van der Waals surface area contributed by atoms with E-state index in [1.54, 1.807) is 18.5 Å². The quantitative estimate of drug-likeness (QED) is 0.400. The molecule has 30 heavy (non-hydrogen) atoms. The van der Waals surface area contributed by atoms with Crippen LogP contribution in [0.3, 0.4) is 0 Å². The first-order valence-electron chi connectivity index (χ1n) is 11.2. The molecule has 0 amide bonds. The van der Waals surface area contributed by atoms with Crippen molar-refractivity contribution >= 4 is 10.9 Å². The number of quaternary nitrogens is 1. The molecule has 156 valence electrons. The third-order valence-electron chi connectivity index (χ3n) is 7.73. The molecule has 0 spiro atoms. The molecule has 0 unspecified atom stereocenters. The number of hydrogen-bond donors (Lipinski definition) is 1. The van der Waals surface area contributed by atoms with E-state index in [1.165, 1.54) is 6.42 Å². The zero-order chi connectivity index (χ0) is 20.7. The molecule has 6 rings (SSSR count). The highest BCUT2D eigenvalue weighted by atomic mass is 16.5. The number of hydrogen-bond acceptors (Lipinski definition) is 3. The second-order valence-corrected chi connectivity index (χ2v) is 9.18. The number of aliphatic hydroxyl groups excluding tert-OH is 1. The van der Waals surface area contributed by atoms with Crippen LogP contribution in [0.4, 0.5) is 0 Å². The SMILES string of the molecule is CC[C@H]1C[N@+]2(Cc3cccc[n+]3[O-])CC[C@H]1C[C@@H]2[C@H](O)c1ccnc2ccccc12. The monoisotopic (exact) mass is 404 g/mol. The van der Waals surface area contributed by atoms with E-state index in [0.29, 0.717) is 18.4 Å². The lowest BCUT2D eigenvalue weighted by molar-refractivity contribution is -0.990. The highest BCUT2D eigenvalue weighted by Gasteiger charge is 2.55. The van der Waals surface area contributed by atoms with Crippen LogP contribution < -0.4 is 4.73 Å². The number of rotatable bonds is 5. The second kappa shape index (κ2) is 7.64. The number of fused-ring (bicyclic) bond motifs is 4. The molecule has 2 aromatic heterocycles. The van der Waals surface area contributed by atoms with Gasteiger partial charge in [-0.1, -0.05) is 25.1 Å². The molecule has 3 fully saturated rings. The van der Waals surface area contributed by atoms with Crippen molar-refractivity contribution in [3.05, 3.63) is 77.4 Å². The number of piperidine rings is 3.